The molecular weight excluding hydrogens is 290 g/mol. The second kappa shape index (κ2) is 7.16. The molecule has 124 valence electrons. The van der Waals surface area contributed by atoms with Crippen molar-refractivity contribution in [1.82, 2.24) is 4.90 Å². The summed E-state index contributed by atoms with van der Waals surface area (Å²) in [4.78, 5) is 26.2. The van der Waals surface area contributed by atoms with Crippen molar-refractivity contribution in [2.24, 2.45) is 11.8 Å². The molecule has 2 fully saturated rings. The van der Waals surface area contributed by atoms with Crippen molar-refractivity contribution in [1.29, 1.82) is 0 Å². The topological polar surface area (TPSA) is 57.6 Å². The first-order valence-corrected chi connectivity index (χ1v) is 8.72. The van der Waals surface area contributed by atoms with Crippen molar-refractivity contribution in [3.05, 3.63) is 35.9 Å². The number of rotatable bonds is 4. The quantitative estimate of drug-likeness (QED) is 0.929. The predicted octanol–water partition coefficient (Wildman–Crippen LogP) is 3.11. The van der Waals surface area contributed by atoms with Crippen LogP contribution in [0.15, 0.2) is 30.3 Å². The molecule has 3 unspecified atom stereocenters. The number of aliphatic carboxylic acids is 1. The van der Waals surface area contributed by atoms with E-state index in [9.17, 15) is 14.7 Å². The van der Waals surface area contributed by atoms with Crippen LogP contribution < -0.4 is 0 Å². The highest BCUT2D eigenvalue weighted by Crippen LogP contribution is 2.33. The first kappa shape index (κ1) is 16.0. The molecule has 1 heterocycles. The number of amides is 1. The van der Waals surface area contributed by atoms with Crippen LogP contribution in [0.1, 0.15) is 44.1 Å². The van der Waals surface area contributed by atoms with E-state index >= 15 is 0 Å². The molecule has 1 N–H and O–H groups in total. The van der Waals surface area contributed by atoms with Crippen LogP contribution in [-0.2, 0) is 16.0 Å². The van der Waals surface area contributed by atoms with Crippen LogP contribution in [0.4, 0.5) is 0 Å². The third-order valence-corrected chi connectivity index (χ3v) is 5.35. The molecule has 23 heavy (non-hydrogen) atoms. The van der Waals surface area contributed by atoms with E-state index in [0.29, 0.717) is 12.8 Å². The van der Waals surface area contributed by atoms with Crippen LogP contribution in [0.2, 0.25) is 0 Å². The molecule has 1 saturated carbocycles. The molecule has 3 atom stereocenters. The van der Waals surface area contributed by atoms with Gasteiger partial charge in [0.05, 0.1) is 5.92 Å². The van der Waals surface area contributed by atoms with Gasteiger partial charge in [0.2, 0.25) is 5.91 Å². The summed E-state index contributed by atoms with van der Waals surface area (Å²) < 4.78 is 0. The Labute approximate surface area is 137 Å². The number of likely N-dealkylation sites (tertiary alicyclic amines) is 1. The average molecular weight is 315 g/mol. The van der Waals surface area contributed by atoms with Gasteiger partial charge < -0.3 is 10.0 Å². The molecule has 0 radical (unpaired) electrons. The van der Waals surface area contributed by atoms with E-state index in [1.165, 1.54) is 5.56 Å². The number of hydrogen-bond acceptors (Lipinski definition) is 2. The maximum Gasteiger partial charge on any atom is 0.306 e. The molecule has 3 rings (SSSR count). The summed E-state index contributed by atoms with van der Waals surface area (Å²) in [5, 5.41) is 9.23. The van der Waals surface area contributed by atoms with Gasteiger partial charge in [-0.25, -0.2) is 0 Å². The predicted molar refractivity (Wildman–Crippen MR) is 88.0 cm³/mol. The molecule has 0 aromatic heterocycles. The summed E-state index contributed by atoms with van der Waals surface area (Å²) in [6.07, 6.45) is 5.94. The Balaban J connectivity index is 1.64. The van der Waals surface area contributed by atoms with Crippen LogP contribution in [0.25, 0.3) is 0 Å². The Morgan fingerprint density at radius 3 is 2.52 bits per heavy atom. The minimum absolute atomic E-state index is 0.0961. The minimum atomic E-state index is -0.746. The summed E-state index contributed by atoms with van der Waals surface area (Å²) in [6, 6.07) is 10.6. The maximum atomic E-state index is 12.9. The number of benzene rings is 1. The summed E-state index contributed by atoms with van der Waals surface area (Å²) in [6.45, 7) is 0.824. The molecule has 1 aliphatic heterocycles. The van der Waals surface area contributed by atoms with Crippen molar-refractivity contribution in [3.63, 3.8) is 0 Å². The molecule has 1 saturated heterocycles. The molecule has 0 bridgehead atoms. The summed E-state index contributed by atoms with van der Waals surface area (Å²) >= 11 is 0. The van der Waals surface area contributed by atoms with Gasteiger partial charge in [-0.2, -0.15) is 0 Å². The molecular formula is C19H25NO3. The second-order valence-electron chi connectivity index (χ2n) is 6.92. The zero-order valence-corrected chi connectivity index (χ0v) is 13.5. The van der Waals surface area contributed by atoms with Crippen LogP contribution in [0.3, 0.4) is 0 Å². The fourth-order valence-corrected chi connectivity index (χ4v) is 4.10. The number of hydrogen-bond donors (Lipinski definition) is 1. The summed E-state index contributed by atoms with van der Waals surface area (Å²) in [5.74, 6) is -0.992. The molecule has 4 nitrogen and oxygen atoms in total. The van der Waals surface area contributed by atoms with Crippen LogP contribution in [0.5, 0.6) is 0 Å². The number of carbonyl (C=O) groups excluding carboxylic acids is 1. The van der Waals surface area contributed by atoms with Gasteiger partial charge in [-0.15, -0.1) is 0 Å². The van der Waals surface area contributed by atoms with E-state index in [-0.39, 0.29) is 23.8 Å². The van der Waals surface area contributed by atoms with Crippen LogP contribution in [0, 0.1) is 11.8 Å². The standard InChI is InChI=1S/C19H25NO3/c21-18(15-8-4-9-16(13-15)19(22)23)20-11-5-10-17(20)12-14-6-2-1-3-7-14/h1-3,6-7,15-17H,4-5,8-13H2,(H,22,23). The van der Waals surface area contributed by atoms with E-state index in [1.807, 2.05) is 23.1 Å². The normalized spacial score (nSPS) is 27.8. The Hall–Kier alpha value is -1.84. The van der Waals surface area contributed by atoms with E-state index in [1.54, 1.807) is 0 Å². The largest absolute Gasteiger partial charge is 0.481 e. The molecule has 4 heteroatoms. The van der Waals surface area contributed by atoms with Crippen molar-refractivity contribution in [2.45, 2.75) is 51.0 Å². The highest BCUT2D eigenvalue weighted by Gasteiger charge is 2.37. The zero-order valence-electron chi connectivity index (χ0n) is 13.5. The lowest BCUT2D eigenvalue weighted by molar-refractivity contribution is -0.145. The fourth-order valence-electron chi connectivity index (χ4n) is 4.10. The smallest absolute Gasteiger partial charge is 0.306 e. The van der Waals surface area contributed by atoms with Gasteiger partial charge >= 0.3 is 5.97 Å². The zero-order chi connectivity index (χ0) is 16.2. The number of carboxylic acids is 1. The van der Waals surface area contributed by atoms with E-state index in [2.05, 4.69) is 12.1 Å². The molecule has 0 spiro atoms. The number of carboxylic acid groups (broad SMARTS) is 1. The molecule has 1 aromatic carbocycles. The van der Waals surface area contributed by atoms with Gasteiger partial charge in [-0.1, -0.05) is 36.8 Å². The lowest BCUT2D eigenvalue weighted by Crippen LogP contribution is -2.42. The molecule has 1 aliphatic carbocycles. The molecule has 1 aromatic rings. The van der Waals surface area contributed by atoms with Crippen molar-refractivity contribution in [2.75, 3.05) is 6.54 Å². The van der Waals surface area contributed by atoms with Crippen LogP contribution >= 0.6 is 0 Å². The lowest BCUT2D eigenvalue weighted by Gasteiger charge is -2.32. The van der Waals surface area contributed by atoms with Gasteiger partial charge in [0, 0.05) is 18.5 Å². The van der Waals surface area contributed by atoms with E-state index < -0.39 is 5.97 Å². The third-order valence-electron chi connectivity index (χ3n) is 5.35. The Bertz CT molecular complexity index is 557. The Morgan fingerprint density at radius 2 is 1.78 bits per heavy atom. The van der Waals surface area contributed by atoms with Crippen molar-refractivity contribution < 1.29 is 14.7 Å². The highest BCUT2D eigenvalue weighted by atomic mass is 16.4. The van der Waals surface area contributed by atoms with Crippen molar-refractivity contribution in [3.8, 4) is 0 Å². The van der Waals surface area contributed by atoms with Gasteiger partial charge in [-0.05, 0) is 44.1 Å². The van der Waals surface area contributed by atoms with E-state index in [4.69, 9.17) is 0 Å². The number of nitrogens with zero attached hydrogens (tertiary/aromatic N) is 1. The lowest BCUT2D eigenvalue weighted by atomic mass is 9.80. The van der Waals surface area contributed by atoms with Gasteiger partial charge in [-0.3, -0.25) is 9.59 Å². The first-order chi connectivity index (χ1) is 11.1. The minimum Gasteiger partial charge on any atom is -0.481 e. The molecule has 1 amide bonds. The second-order valence-corrected chi connectivity index (χ2v) is 6.92. The van der Waals surface area contributed by atoms with Crippen LogP contribution in [-0.4, -0.2) is 34.5 Å². The average Bonchev–Trinajstić information content (AvgIpc) is 3.03. The number of carbonyl (C=O) groups is 2. The summed E-state index contributed by atoms with van der Waals surface area (Å²) in [5.41, 5.74) is 1.27. The third kappa shape index (κ3) is 3.74. The Morgan fingerprint density at radius 1 is 1.04 bits per heavy atom. The van der Waals surface area contributed by atoms with E-state index in [0.717, 1.165) is 38.6 Å². The Kier molecular flexibility index (Phi) is 4.99. The van der Waals surface area contributed by atoms with Gasteiger partial charge in [0.1, 0.15) is 0 Å². The van der Waals surface area contributed by atoms with Gasteiger partial charge in [0.15, 0.2) is 0 Å². The van der Waals surface area contributed by atoms with Crippen molar-refractivity contribution >= 4 is 11.9 Å². The monoisotopic (exact) mass is 315 g/mol. The molecule has 2 aliphatic rings. The maximum absolute atomic E-state index is 12.9. The van der Waals surface area contributed by atoms with Gasteiger partial charge in [0.25, 0.3) is 0 Å². The highest BCUT2D eigenvalue weighted by molar-refractivity contribution is 5.81. The SMILES string of the molecule is O=C(O)C1CCCC(C(=O)N2CCCC2Cc2ccccc2)C1. The summed E-state index contributed by atoms with van der Waals surface area (Å²) in [7, 11) is 0. The fraction of sp³-hybridized carbons (Fsp3) is 0.579. The first-order valence-electron chi connectivity index (χ1n) is 8.72.